The second-order valence-corrected chi connectivity index (χ2v) is 5.82. The van der Waals surface area contributed by atoms with Crippen LogP contribution in [0.5, 0.6) is 0 Å². The Hall–Kier alpha value is -2.47. The van der Waals surface area contributed by atoms with Crippen LogP contribution in [0.25, 0.3) is 6.08 Å². The first kappa shape index (κ1) is 14.1. The van der Waals surface area contributed by atoms with Crippen molar-refractivity contribution in [1.82, 2.24) is 20.3 Å². The molecule has 1 fully saturated rings. The fourth-order valence-corrected chi connectivity index (χ4v) is 2.95. The van der Waals surface area contributed by atoms with E-state index in [1.54, 1.807) is 0 Å². The van der Waals surface area contributed by atoms with Gasteiger partial charge in [-0.05, 0) is 30.7 Å². The molecular weight excluding hydrogens is 288 g/mol. The van der Waals surface area contributed by atoms with E-state index in [4.69, 9.17) is 0 Å². The molecule has 4 rings (SSSR count). The van der Waals surface area contributed by atoms with E-state index in [1.807, 2.05) is 18.5 Å². The van der Waals surface area contributed by atoms with Crippen molar-refractivity contribution in [2.24, 2.45) is 0 Å². The van der Waals surface area contributed by atoms with Crippen molar-refractivity contribution >= 4 is 23.5 Å². The largest absolute Gasteiger partial charge is 0.339 e. The van der Waals surface area contributed by atoms with Crippen molar-refractivity contribution in [1.29, 1.82) is 0 Å². The Morgan fingerprint density at radius 3 is 3.17 bits per heavy atom. The fraction of sp³-hybridized carbons (Fsp3) is 0.353. The molecule has 0 radical (unpaired) electrons. The lowest BCUT2D eigenvalue weighted by Gasteiger charge is -2.20. The van der Waals surface area contributed by atoms with Crippen LogP contribution >= 0.6 is 0 Å². The average molecular weight is 308 g/mol. The first-order valence-electron chi connectivity index (χ1n) is 8.10. The number of allylic oxidation sites excluding steroid dienone is 1. The third-order valence-corrected chi connectivity index (χ3v) is 4.15. The molecule has 0 aromatic carbocycles. The van der Waals surface area contributed by atoms with Crippen LogP contribution in [0.2, 0.25) is 0 Å². The number of hydrogen-bond acceptors (Lipinski definition) is 6. The third kappa shape index (κ3) is 3.17. The van der Waals surface area contributed by atoms with Crippen LogP contribution in [0.15, 0.2) is 30.6 Å². The van der Waals surface area contributed by atoms with Crippen LogP contribution in [0, 0.1) is 0 Å². The van der Waals surface area contributed by atoms with Crippen LogP contribution in [0.3, 0.4) is 0 Å². The maximum Gasteiger partial charge on any atom is 0.227 e. The highest BCUT2D eigenvalue weighted by Crippen LogP contribution is 2.23. The van der Waals surface area contributed by atoms with Gasteiger partial charge in [-0.3, -0.25) is 4.98 Å². The Morgan fingerprint density at radius 1 is 1.17 bits per heavy atom. The molecule has 2 aromatic rings. The zero-order chi connectivity index (χ0) is 15.5. The monoisotopic (exact) mass is 308 g/mol. The fourth-order valence-electron chi connectivity index (χ4n) is 2.95. The Kier molecular flexibility index (Phi) is 3.90. The number of anilines is 3. The highest BCUT2D eigenvalue weighted by molar-refractivity contribution is 5.65. The van der Waals surface area contributed by atoms with Crippen molar-refractivity contribution in [2.75, 3.05) is 36.4 Å². The van der Waals surface area contributed by atoms with E-state index >= 15 is 0 Å². The highest BCUT2D eigenvalue weighted by Gasteiger charge is 2.13. The van der Waals surface area contributed by atoms with Crippen LogP contribution in [0.1, 0.15) is 17.7 Å². The number of rotatable bonds is 3. The first-order valence-corrected chi connectivity index (χ1v) is 8.10. The molecule has 3 heterocycles. The van der Waals surface area contributed by atoms with Gasteiger partial charge in [0.2, 0.25) is 5.95 Å². The van der Waals surface area contributed by atoms with E-state index in [0.29, 0.717) is 0 Å². The van der Waals surface area contributed by atoms with Gasteiger partial charge in [0.1, 0.15) is 5.82 Å². The van der Waals surface area contributed by atoms with Crippen molar-refractivity contribution in [3.05, 3.63) is 41.9 Å². The third-order valence-electron chi connectivity index (χ3n) is 4.15. The van der Waals surface area contributed by atoms with Crippen molar-refractivity contribution < 1.29 is 0 Å². The molecular formula is C17H20N6. The molecule has 6 nitrogen and oxygen atoms in total. The minimum atomic E-state index is 0.785. The summed E-state index contributed by atoms with van der Waals surface area (Å²) >= 11 is 0. The lowest BCUT2D eigenvalue weighted by atomic mass is 10.2. The highest BCUT2D eigenvalue weighted by atomic mass is 15.3. The van der Waals surface area contributed by atoms with Gasteiger partial charge < -0.3 is 15.5 Å². The normalized spacial score (nSPS) is 17.0. The van der Waals surface area contributed by atoms with Crippen molar-refractivity contribution in [3.8, 4) is 0 Å². The summed E-state index contributed by atoms with van der Waals surface area (Å²) in [5, 5.41) is 6.74. The molecule has 2 aliphatic rings. The first-order chi connectivity index (χ1) is 11.4. The van der Waals surface area contributed by atoms with Gasteiger partial charge in [-0.1, -0.05) is 12.2 Å². The van der Waals surface area contributed by atoms with E-state index in [0.717, 1.165) is 62.2 Å². The summed E-state index contributed by atoms with van der Waals surface area (Å²) in [6.07, 6.45) is 9.96. The predicted molar refractivity (Wildman–Crippen MR) is 92.0 cm³/mol. The Labute approximate surface area is 135 Å². The summed E-state index contributed by atoms with van der Waals surface area (Å²) in [6.45, 7) is 3.96. The molecule has 6 heteroatoms. The summed E-state index contributed by atoms with van der Waals surface area (Å²) in [5.41, 5.74) is 3.27. The van der Waals surface area contributed by atoms with Gasteiger partial charge in [0, 0.05) is 32.3 Å². The summed E-state index contributed by atoms with van der Waals surface area (Å²) in [6, 6.07) is 4.01. The molecule has 2 N–H and O–H groups in total. The second-order valence-electron chi connectivity index (χ2n) is 5.82. The molecule has 0 unspecified atom stereocenters. The lowest BCUT2D eigenvalue weighted by molar-refractivity contribution is 0.724. The van der Waals surface area contributed by atoms with Crippen LogP contribution < -0.4 is 15.5 Å². The summed E-state index contributed by atoms with van der Waals surface area (Å²) in [4.78, 5) is 15.8. The molecule has 1 saturated heterocycles. The van der Waals surface area contributed by atoms with E-state index in [2.05, 4.69) is 48.7 Å². The van der Waals surface area contributed by atoms with Gasteiger partial charge in [-0.15, -0.1) is 0 Å². The molecule has 1 aliphatic carbocycles. The number of nitrogens with one attached hydrogen (secondary N) is 2. The van der Waals surface area contributed by atoms with Gasteiger partial charge in [0.25, 0.3) is 0 Å². The average Bonchev–Trinajstić information content (AvgIpc) is 2.87. The molecule has 0 amide bonds. The number of hydrogen-bond donors (Lipinski definition) is 2. The van der Waals surface area contributed by atoms with Gasteiger partial charge >= 0.3 is 0 Å². The van der Waals surface area contributed by atoms with E-state index in [1.165, 1.54) is 5.56 Å². The molecule has 1 aliphatic heterocycles. The van der Waals surface area contributed by atoms with Crippen LogP contribution in [-0.4, -0.2) is 41.1 Å². The molecule has 23 heavy (non-hydrogen) atoms. The number of fused-ring (bicyclic) bond motifs is 1. The molecule has 0 bridgehead atoms. The van der Waals surface area contributed by atoms with Gasteiger partial charge in [-0.2, -0.15) is 4.98 Å². The van der Waals surface area contributed by atoms with Crippen molar-refractivity contribution in [2.45, 2.75) is 12.8 Å². The van der Waals surface area contributed by atoms with E-state index in [-0.39, 0.29) is 0 Å². The molecule has 0 saturated carbocycles. The molecule has 118 valence electrons. The van der Waals surface area contributed by atoms with Gasteiger partial charge in [0.15, 0.2) is 0 Å². The molecule has 0 atom stereocenters. The Morgan fingerprint density at radius 2 is 2.17 bits per heavy atom. The number of pyridine rings is 1. The maximum atomic E-state index is 4.66. The SMILES string of the molecule is C1=Cc2cc(Nc3ccnc(N4CCCNCC4)n3)cnc2C1. The second kappa shape index (κ2) is 6.34. The Bertz CT molecular complexity index is 719. The predicted octanol–water partition coefficient (Wildman–Crippen LogP) is 1.98. The quantitative estimate of drug-likeness (QED) is 0.904. The van der Waals surface area contributed by atoms with Gasteiger partial charge in [0.05, 0.1) is 17.6 Å². The minimum absolute atomic E-state index is 0.785. The maximum absolute atomic E-state index is 4.66. The van der Waals surface area contributed by atoms with Crippen LogP contribution in [-0.2, 0) is 6.42 Å². The molecule has 2 aromatic heterocycles. The summed E-state index contributed by atoms with van der Waals surface area (Å²) in [5.74, 6) is 1.59. The van der Waals surface area contributed by atoms with Crippen molar-refractivity contribution in [3.63, 3.8) is 0 Å². The number of nitrogens with zero attached hydrogens (tertiary/aromatic N) is 4. The zero-order valence-electron chi connectivity index (χ0n) is 13.0. The molecule has 0 spiro atoms. The van der Waals surface area contributed by atoms with E-state index < -0.39 is 0 Å². The van der Waals surface area contributed by atoms with Crippen LogP contribution in [0.4, 0.5) is 17.5 Å². The number of aromatic nitrogens is 3. The summed E-state index contributed by atoms with van der Waals surface area (Å²) in [7, 11) is 0. The zero-order valence-corrected chi connectivity index (χ0v) is 13.0. The van der Waals surface area contributed by atoms with E-state index in [9.17, 15) is 0 Å². The minimum Gasteiger partial charge on any atom is -0.339 e. The Balaban J connectivity index is 1.53. The standard InChI is InChI=1S/C17H20N6/c1-3-13-11-14(12-20-15(13)4-1)21-16-5-7-19-17(22-16)23-9-2-6-18-8-10-23/h1,3,5,7,11-12,18H,2,4,6,8-10H2,(H,19,21,22). The lowest BCUT2D eigenvalue weighted by Crippen LogP contribution is -2.29. The topological polar surface area (TPSA) is 66.0 Å². The smallest absolute Gasteiger partial charge is 0.227 e. The van der Waals surface area contributed by atoms with Gasteiger partial charge in [-0.25, -0.2) is 4.98 Å². The summed E-state index contributed by atoms with van der Waals surface area (Å²) < 4.78 is 0.